The number of amides is 5. The number of allylic oxidation sites excluding steroid dienone is 2. The van der Waals surface area contributed by atoms with Crippen LogP contribution in [0, 0.1) is 11.8 Å². The second-order valence-electron chi connectivity index (χ2n) is 16.0. The number of nitrogens with two attached hydrogens (primary N) is 1. The van der Waals surface area contributed by atoms with Crippen LogP contribution in [0.4, 0.5) is 0 Å². The Morgan fingerprint density at radius 2 is 1.62 bits per heavy atom. The topological polar surface area (TPSA) is 220 Å². The van der Waals surface area contributed by atoms with Crippen molar-refractivity contribution in [2.45, 2.75) is 154 Å². The highest BCUT2D eigenvalue weighted by molar-refractivity contribution is 5.96. The van der Waals surface area contributed by atoms with Crippen molar-refractivity contribution in [2.24, 2.45) is 17.6 Å². The molecule has 2 rings (SSSR count). The maximum absolute atomic E-state index is 14.2. The van der Waals surface area contributed by atoms with Gasteiger partial charge in [-0.15, -0.1) is 13.2 Å². The molecule has 1 aliphatic heterocycles. The van der Waals surface area contributed by atoms with E-state index in [9.17, 15) is 39.0 Å². The number of carbonyl (C=O) groups excluding carboxylic acids is 5. The van der Waals surface area contributed by atoms with Crippen LogP contribution in [0.5, 0.6) is 5.75 Å². The van der Waals surface area contributed by atoms with E-state index in [1.165, 1.54) is 11.0 Å². The molecule has 1 unspecified atom stereocenters. The van der Waals surface area contributed by atoms with Crippen LogP contribution in [-0.2, 0) is 41.6 Å². The summed E-state index contributed by atoms with van der Waals surface area (Å²) in [5.74, 6) is -4.03. The standard InChI is InChI=1S/C44H70N6O8/c1-7-10-11-12-13-14-21-38(52)46-33(19-15-16-24-45)43(56)50-25-17-20-36(50)41(54)47-34(28-31-22-23-37(51)32(27-31)18-8-2)40(53)49-39(30(6)9-3)42(55)48-35(44(57)58)26-29(4)5/h7-8,22-23,27,29-30,33-36,39,51H,1-2,9-21,24-26,28,45H2,3-6H3,(H,46,52)(H,47,54)(H,48,55)(H,49,53)(H,57,58)/t30-,33-,34-,35?,36-,39-/m0/s1. The number of carbonyl (C=O) groups is 6. The first-order valence-electron chi connectivity index (χ1n) is 21.1. The quantitative estimate of drug-likeness (QED) is 0.0470. The van der Waals surface area contributed by atoms with E-state index >= 15 is 0 Å². The molecule has 58 heavy (non-hydrogen) atoms. The molecule has 1 aromatic carbocycles. The molecule has 1 heterocycles. The molecule has 0 saturated carbocycles. The maximum Gasteiger partial charge on any atom is 0.326 e. The molecule has 6 atom stereocenters. The minimum atomic E-state index is -1.22. The summed E-state index contributed by atoms with van der Waals surface area (Å²) in [7, 11) is 0. The van der Waals surface area contributed by atoms with Gasteiger partial charge < -0.3 is 42.1 Å². The number of phenols is 1. The number of carboxylic acid groups (broad SMARTS) is 1. The summed E-state index contributed by atoms with van der Waals surface area (Å²) in [5.41, 5.74) is 6.92. The van der Waals surface area contributed by atoms with E-state index in [1.54, 1.807) is 25.1 Å². The van der Waals surface area contributed by atoms with Crippen LogP contribution >= 0.6 is 0 Å². The highest BCUT2D eigenvalue weighted by Crippen LogP contribution is 2.23. The Hall–Kier alpha value is -4.72. The molecule has 1 aromatic rings. The van der Waals surface area contributed by atoms with Crippen LogP contribution in [0.2, 0.25) is 0 Å². The molecule has 0 spiro atoms. The van der Waals surface area contributed by atoms with Crippen molar-refractivity contribution in [2.75, 3.05) is 13.1 Å². The van der Waals surface area contributed by atoms with Crippen molar-refractivity contribution in [1.82, 2.24) is 26.2 Å². The molecule has 1 aliphatic rings. The average Bonchev–Trinajstić information content (AvgIpc) is 3.68. The van der Waals surface area contributed by atoms with Crippen LogP contribution in [0.1, 0.15) is 122 Å². The molecule has 5 amide bonds. The molecule has 0 bridgehead atoms. The molecule has 0 radical (unpaired) electrons. The van der Waals surface area contributed by atoms with Crippen molar-refractivity contribution in [3.05, 3.63) is 54.6 Å². The number of hydrogen-bond acceptors (Lipinski definition) is 8. The first-order chi connectivity index (χ1) is 27.7. The highest BCUT2D eigenvalue weighted by atomic mass is 16.4. The average molecular weight is 811 g/mol. The van der Waals surface area contributed by atoms with Gasteiger partial charge in [0.15, 0.2) is 0 Å². The Labute approximate surface area is 345 Å². The van der Waals surface area contributed by atoms with Crippen LogP contribution in [-0.4, -0.2) is 93.9 Å². The largest absolute Gasteiger partial charge is 0.508 e. The van der Waals surface area contributed by atoms with Gasteiger partial charge in [0.1, 0.15) is 36.0 Å². The third-order valence-corrected chi connectivity index (χ3v) is 10.7. The maximum atomic E-state index is 14.2. The third-order valence-electron chi connectivity index (χ3n) is 10.7. The molecular formula is C44H70N6O8. The Kier molecular flexibility index (Phi) is 22.4. The lowest BCUT2D eigenvalue weighted by Crippen LogP contribution is -2.60. The van der Waals surface area contributed by atoms with Gasteiger partial charge in [0.25, 0.3) is 0 Å². The van der Waals surface area contributed by atoms with E-state index in [0.717, 1.165) is 25.7 Å². The molecule has 0 aromatic heterocycles. The van der Waals surface area contributed by atoms with Crippen molar-refractivity contribution in [1.29, 1.82) is 0 Å². The number of nitrogens with one attached hydrogen (secondary N) is 4. The Morgan fingerprint density at radius 3 is 2.26 bits per heavy atom. The summed E-state index contributed by atoms with van der Waals surface area (Å²) < 4.78 is 0. The fraction of sp³-hybridized carbons (Fsp3) is 0.636. The summed E-state index contributed by atoms with van der Waals surface area (Å²) in [4.78, 5) is 82.6. The monoisotopic (exact) mass is 811 g/mol. The lowest BCUT2D eigenvalue weighted by atomic mass is 9.95. The van der Waals surface area contributed by atoms with Gasteiger partial charge in [-0.25, -0.2) is 4.79 Å². The molecular weight excluding hydrogens is 741 g/mol. The van der Waals surface area contributed by atoms with E-state index in [1.807, 2.05) is 26.8 Å². The normalized spacial score (nSPS) is 16.4. The second-order valence-corrected chi connectivity index (χ2v) is 16.0. The molecule has 14 heteroatoms. The minimum Gasteiger partial charge on any atom is -0.508 e. The van der Waals surface area contributed by atoms with E-state index in [4.69, 9.17) is 5.73 Å². The fourth-order valence-electron chi connectivity index (χ4n) is 7.16. The zero-order chi connectivity index (χ0) is 43.2. The summed E-state index contributed by atoms with van der Waals surface area (Å²) in [6, 6.07) is -0.397. The number of unbranched alkanes of at least 4 members (excludes halogenated alkanes) is 5. The molecule has 1 saturated heterocycles. The number of rotatable bonds is 28. The van der Waals surface area contributed by atoms with Gasteiger partial charge in [-0.1, -0.05) is 71.2 Å². The van der Waals surface area contributed by atoms with E-state index < -0.39 is 59.8 Å². The molecule has 0 aliphatic carbocycles. The van der Waals surface area contributed by atoms with Crippen molar-refractivity contribution < 1.29 is 39.0 Å². The first kappa shape index (κ1) is 49.4. The fourth-order valence-corrected chi connectivity index (χ4v) is 7.16. The SMILES string of the molecule is C=CCCCCCCC(=O)N[C@@H](CCCCN)C(=O)N1CCC[C@H]1C(=O)N[C@@H](Cc1ccc(O)c(CC=C)c1)C(=O)N[C@H](C(=O)NC(CC(C)C)C(=O)O)[C@@H](C)CC. The summed E-state index contributed by atoms with van der Waals surface area (Å²) >= 11 is 0. The van der Waals surface area contributed by atoms with Crippen LogP contribution in [0.25, 0.3) is 0 Å². The van der Waals surface area contributed by atoms with Crippen molar-refractivity contribution >= 4 is 35.5 Å². The zero-order valence-corrected chi connectivity index (χ0v) is 35.2. The summed E-state index contributed by atoms with van der Waals surface area (Å²) in [6.45, 7) is 15.5. The first-order valence-corrected chi connectivity index (χ1v) is 21.1. The Bertz CT molecular complexity index is 1530. The number of aromatic hydroxyl groups is 1. The lowest BCUT2D eigenvalue weighted by Gasteiger charge is -2.31. The number of likely N-dealkylation sites (tertiary alicyclic amines) is 1. The van der Waals surface area contributed by atoms with E-state index in [2.05, 4.69) is 34.4 Å². The van der Waals surface area contributed by atoms with Crippen LogP contribution in [0.3, 0.4) is 0 Å². The number of carboxylic acids is 1. The second kappa shape index (κ2) is 26.3. The van der Waals surface area contributed by atoms with Crippen molar-refractivity contribution in [3.8, 4) is 5.75 Å². The third kappa shape index (κ3) is 16.6. The van der Waals surface area contributed by atoms with Crippen LogP contribution < -0.4 is 27.0 Å². The molecule has 14 nitrogen and oxygen atoms in total. The summed E-state index contributed by atoms with van der Waals surface area (Å²) in [6.07, 6.45) is 11.8. The Balaban J connectivity index is 2.38. The van der Waals surface area contributed by atoms with Gasteiger partial charge in [0.2, 0.25) is 29.5 Å². The molecule has 8 N–H and O–H groups in total. The molecule has 324 valence electrons. The predicted molar refractivity (Wildman–Crippen MR) is 226 cm³/mol. The van der Waals surface area contributed by atoms with Gasteiger partial charge in [0, 0.05) is 19.4 Å². The lowest BCUT2D eigenvalue weighted by molar-refractivity contribution is -0.143. The summed E-state index contributed by atoms with van der Waals surface area (Å²) in [5, 5.41) is 31.4. The predicted octanol–water partition coefficient (Wildman–Crippen LogP) is 4.43. The Morgan fingerprint density at radius 1 is 0.897 bits per heavy atom. The smallest absolute Gasteiger partial charge is 0.326 e. The number of nitrogens with zero attached hydrogens (tertiary/aromatic N) is 1. The highest BCUT2D eigenvalue weighted by Gasteiger charge is 2.39. The molecule has 1 fully saturated rings. The van der Waals surface area contributed by atoms with E-state index in [-0.39, 0.29) is 42.7 Å². The number of phenolic OH excluding ortho intramolecular Hbond substituents is 1. The number of benzene rings is 1. The van der Waals surface area contributed by atoms with E-state index in [0.29, 0.717) is 75.6 Å². The number of aliphatic carboxylic acids is 1. The van der Waals surface area contributed by atoms with Crippen molar-refractivity contribution in [3.63, 3.8) is 0 Å². The van der Waals surface area contributed by atoms with Gasteiger partial charge >= 0.3 is 5.97 Å². The van der Waals surface area contributed by atoms with Gasteiger partial charge in [0.05, 0.1) is 0 Å². The van der Waals surface area contributed by atoms with Gasteiger partial charge in [-0.3, -0.25) is 24.0 Å². The minimum absolute atomic E-state index is 0.0177. The van der Waals surface area contributed by atoms with Crippen LogP contribution in [0.15, 0.2) is 43.5 Å². The zero-order valence-electron chi connectivity index (χ0n) is 35.2. The van der Waals surface area contributed by atoms with Gasteiger partial charge in [-0.2, -0.15) is 0 Å². The van der Waals surface area contributed by atoms with Gasteiger partial charge in [-0.05, 0) is 99.8 Å². The number of hydrogen-bond donors (Lipinski definition) is 7.